The van der Waals surface area contributed by atoms with Crippen molar-refractivity contribution < 1.29 is 50.1 Å². The number of amides is 2. The summed E-state index contributed by atoms with van der Waals surface area (Å²) in [6, 6.07) is 14.8. The number of anilines is 1. The lowest BCUT2D eigenvalue weighted by molar-refractivity contribution is -0.165. The predicted molar refractivity (Wildman–Crippen MR) is 144 cm³/mol. The van der Waals surface area contributed by atoms with Gasteiger partial charge in [0.1, 0.15) is 25.1 Å². The molecule has 2 aromatic rings. The molecule has 3 rings (SSSR count). The largest absolute Gasteiger partial charge is 0.484 e. The van der Waals surface area contributed by atoms with E-state index < -0.39 is 50.0 Å². The van der Waals surface area contributed by atoms with Gasteiger partial charge in [0, 0.05) is 29.8 Å². The summed E-state index contributed by atoms with van der Waals surface area (Å²) in [5.41, 5.74) is 1.17. The van der Waals surface area contributed by atoms with Crippen LogP contribution in [-0.2, 0) is 25.6 Å². The topological polar surface area (TPSA) is 72.8 Å². The summed E-state index contributed by atoms with van der Waals surface area (Å²) in [5, 5.41) is 0. The predicted octanol–water partition coefficient (Wildman–Crippen LogP) is 7.14. The molecule has 0 saturated heterocycles. The monoisotopic (exact) mass is 665 g/mol. The number of alkyl halides is 6. The van der Waals surface area contributed by atoms with Crippen LogP contribution in [0.5, 0.6) is 0 Å². The van der Waals surface area contributed by atoms with Crippen molar-refractivity contribution in [1.29, 1.82) is 0 Å². The van der Waals surface area contributed by atoms with Crippen LogP contribution in [0, 0.1) is 0 Å². The Kier molecular flexibility index (Phi) is 11.8. The minimum absolute atomic E-state index is 0.0590. The molecule has 0 fully saturated rings. The molecule has 0 spiro atoms. The summed E-state index contributed by atoms with van der Waals surface area (Å²) in [6.45, 7) is -4.08. The zero-order valence-electron chi connectivity index (χ0n) is 22.1. The van der Waals surface area contributed by atoms with Gasteiger partial charge in [-0.1, -0.05) is 46.3 Å². The zero-order valence-corrected chi connectivity index (χ0v) is 23.7. The van der Waals surface area contributed by atoms with E-state index in [9.17, 15) is 31.1 Å². The average molecular weight is 666 g/mol. The lowest BCUT2D eigenvalue weighted by Crippen LogP contribution is -2.48. The number of allylic oxidation sites excluding steroid dienone is 1. The van der Waals surface area contributed by atoms with Crippen LogP contribution in [0.15, 0.2) is 87.9 Å². The van der Waals surface area contributed by atoms with Gasteiger partial charge in [0.15, 0.2) is 13.2 Å². The molecule has 228 valence electrons. The van der Waals surface area contributed by atoms with E-state index in [0.29, 0.717) is 5.69 Å². The number of ether oxygens (including phenoxy) is 4. The van der Waals surface area contributed by atoms with Gasteiger partial charge in [-0.2, -0.15) is 31.3 Å². The van der Waals surface area contributed by atoms with Crippen molar-refractivity contribution >= 4 is 33.5 Å². The second-order valence-corrected chi connectivity index (χ2v) is 9.54. The minimum Gasteiger partial charge on any atom is -0.484 e. The number of methoxy groups -OCH3 is 1. The molecule has 42 heavy (non-hydrogen) atoms. The van der Waals surface area contributed by atoms with Crippen LogP contribution in [0.1, 0.15) is 12.0 Å². The highest BCUT2D eigenvalue weighted by atomic mass is 79.9. The smallest absolute Gasteiger partial charge is 0.422 e. The standard InChI is InChI=1S/C27H26BrF6N3O5/c1-39-17-36(21-9-7-20(28)8-10-21)25(38)37(18-40-14-19-5-3-2-4-6-19)23-12-11-22(41-15-26(29,30)31)13-24(35-23)42-16-27(32,33)34/h2-11,13H,12,14-18H2,1H3. The van der Waals surface area contributed by atoms with Crippen LogP contribution in [0.2, 0.25) is 0 Å². The van der Waals surface area contributed by atoms with E-state index in [-0.39, 0.29) is 25.6 Å². The fourth-order valence-corrected chi connectivity index (χ4v) is 3.71. The van der Waals surface area contributed by atoms with Gasteiger partial charge >= 0.3 is 18.4 Å². The van der Waals surface area contributed by atoms with E-state index in [1.165, 1.54) is 12.0 Å². The summed E-state index contributed by atoms with van der Waals surface area (Å²) < 4.78 is 98.3. The summed E-state index contributed by atoms with van der Waals surface area (Å²) in [7, 11) is 1.36. The third-order valence-corrected chi connectivity index (χ3v) is 5.81. The first-order chi connectivity index (χ1) is 19.8. The molecule has 0 aromatic heterocycles. The van der Waals surface area contributed by atoms with Crippen LogP contribution in [0.25, 0.3) is 0 Å². The highest BCUT2D eigenvalue weighted by molar-refractivity contribution is 9.10. The zero-order chi connectivity index (χ0) is 30.8. The summed E-state index contributed by atoms with van der Waals surface area (Å²) in [6.07, 6.45) is -7.86. The van der Waals surface area contributed by atoms with Crippen molar-refractivity contribution in [2.45, 2.75) is 25.4 Å². The van der Waals surface area contributed by atoms with Crippen LogP contribution in [0.4, 0.5) is 36.8 Å². The molecule has 0 N–H and O–H groups in total. The van der Waals surface area contributed by atoms with E-state index >= 15 is 0 Å². The third kappa shape index (κ3) is 11.0. The molecule has 0 unspecified atom stereocenters. The number of carbonyl (C=O) groups is 1. The van der Waals surface area contributed by atoms with E-state index in [1.54, 1.807) is 54.6 Å². The number of urea groups is 1. The van der Waals surface area contributed by atoms with Gasteiger partial charge in [0.05, 0.1) is 6.61 Å². The number of halogens is 7. The fourth-order valence-electron chi connectivity index (χ4n) is 3.45. The molecular formula is C27H26BrF6N3O5. The number of hydrogen-bond donors (Lipinski definition) is 0. The van der Waals surface area contributed by atoms with E-state index in [4.69, 9.17) is 18.9 Å². The summed E-state index contributed by atoms with van der Waals surface area (Å²) in [4.78, 5) is 20.2. The van der Waals surface area contributed by atoms with Crippen molar-refractivity contribution in [3.8, 4) is 0 Å². The lowest BCUT2D eigenvalue weighted by Gasteiger charge is -2.30. The summed E-state index contributed by atoms with van der Waals surface area (Å²) >= 11 is 3.32. The lowest BCUT2D eigenvalue weighted by atomic mass is 10.2. The SMILES string of the molecule is COCN(C(=O)N(COCc1ccccc1)C1=NC(OCC(F)(F)F)=CC(OCC(F)(F)F)=CC1)c1ccc(Br)cc1. The molecule has 1 aliphatic rings. The number of benzene rings is 2. The number of carbonyl (C=O) groups excluding carboxylic acids is 1. The average Bonchev–Trinajstić information content (AvgIpc) is 3.14. The van der Waals surface area contributed by atoms with Gasteiger partial charge in [-0.25, -0.2) is 4.79 Å². The van der Waals surface area contributed by atoms with Gasteiger partial charge in [0.25, 0.3) is 0 Å². The second-order valence-electron chi connectivity index (χ2n) is 8.62. The van der Waals surface area contributed by atoms with Gasteiger partial charge in [0.2, 0.25) is 5.88 Å². The van der Waals surface area contributed by atoms with Crippen LogP contribution >= 0.6 is 15.9 Å². The maximum absolute atomic E-state index is 13.9. The molecule has 1 aliphatic heterocycles. The van der Waals surface area contributed by atoms with E-state index in [0.717, 1.165) is 27.1 Å². The third-order valence-electron chi connectivity index (χ3n) is 5.28. The highest BCUT2D eigenvalue weighted by Gasteiger charge is 2.32. The fraction of sp³-hybridized carbons (Fsp3) is 0.333. The van der Waals surface area contributed by atoms with Crippen LogP contribution < -0.4 is 4.90 Å². The number of amidine groups is 1. The Balaban J connectivity index is 1.97. The highest BCUT2D eigenvalue weighted by Crippen LogP contribution is 2.25. The molecule has 2 aromatic carbocycles. The second kappa shape index (κ2) is 15.1. The molecule has 1 heterocycles. The Morgan fingerprint density at radius 3 is 2.17 bits per heavy atom. The van der Waals surface area contributed by atoms with E-state index in [2.05, 4.69) is 20.9 Å². The van der Waals surface area contributed by atoms with Crippen molar-refractivity contribution in [3.63, 3.8) is 0 Å². The Morgan fingerprint density at radius 2 is 1.55 bits per heavy atom. The number of aliphatic imine (C=N–C) groups is 1. The molecule has 0 atom stereocenters. The first-order valence-electron chi connectivity index (χ1n) is 12.2. The quantitative estimate of drug-likeness (QED) is 0.188. The Bertz CT molecular complexity index is 1270. The molecule has 8 nitrogen and oxygen atoms in total. The molecular weight excluding hydrogens is 640 g/mol. The molecule has 0 radical (unpaired) electrons. The maximum Gasteiger partial charge on any atom is 0.422 e. The number of hydrogen-bond acceptors (Lipinski definition) is 6. The Labute approximate surface area is 245 Å². The molecule has 0 saturated carbocycles. The van der Waals surface area contributed by atoms with Gasteiger partial charge in [-0.15, -0.1) is 0 Å². The van der Waals surface area contributed by atoms with Crippen molar-refractivity contribution in [3.05, 3.63) is 88.4 Å². The number of nitrogens with zero attached hydrogens (tertiary/aromatic N) is 3. The molecule has 15 heteroatoms. The minimum atomic E-state index is -4.77. The van der Waals surface area contributed by atoms with Crippen LogP contribution in [-0.4, -0.2) is 62.9 Å². The maximum atomic E-state index is 13.9. The van der Waals surface area contributed by atoms with Gasteiger partial charge in [-0.05, 0) is 35.9 Å². The van der Waals surface area contributed by atoms with Crippen molar-refractivity contribution in [2.24, 2.45) is 4.99 Å². The number of rotatable bonds is 11. The molecule has 2 amide bonds. The Hall–Kier alpha value is -3.56. The van der Waals surface area contributed by atoms with Crippen LogP contribution in [0.3, 0.4) is 0 Å². The first-order valence-corrected chi connectivity index (χ1v) is 13.0. The van der Waals surface area contributed by atoms with E-state index in [1.807, 2.05) is 0 Å². The Morgan fingerprint density at radius 1 is 0.905 bits per heavy atom. The molecule has 0 aliphatic carbocycles. The van der Waals surface area contributed by atoms with Gasteiger partial charge < -0.3 is 18.9 Å². The summed E-state index contributed by atoms with van der Waals surface area (Å²) in [5.74, 6) is -1.33. The van der Waals surface area contributed by atoms with Gasteiger partial charge in [-0.3, -0.25) is 9.80 Å². The first kappa shape index (κ1) is 32.9. The molecule has 0 bridgehead atoms. The van der Waals surface area contributed by atoms with Crippen molar-refractivity contribution in [2.75, 3.05) is 38.7 Å². The van der Waals surface area contributed by atoms with Crippen molar-refractivity contribution in [1.82, 2.24) is 4.90 Å². The normalized spacial score (nSPS) is 13.9.